The molecule has 20 heavy (non-hydrogen) atoms. The number of aliphatic hydroxyl groups excluding tert-OH is 1. The van der Waals surface area contributed by atoms with E-state index in [1.54, 1.807) is 0 Å². The first-order valence-corrected chi connectivity index (χ1v) is 8.00. The van der Waals surface area contributed by atoms with Crippen LogP contribution < -0.4 is 0 Å². The molecule has 5 heteroatoms. The van der Waals surface area contributed by atoms with E-state index in [-0.39, 0.29) is 19.7 Å². The van der Waals surface area contributed by atoms with E-state index in [0.29, 0.717) is 4.90 Å². The Kier molecular flexibility index (Phi) is 5.50. The van der Waals surface area contributed by atoms with Gasteiger partial charge < -0.3 is 5.11 Å². The van der Waals surface area contributed by atoms with Gasteiger partial charge in [0.25, 0.3) is 0 Å². The highest BCUT2D eigenvalue weighted by Crippen LogP contribution is 2.28. The van der Waals surface area contributed by atoms with Crippen molar-refractivity contribution in [2.45, 2.75) is 32.6 Å². The van der Waals surface area contributed by atoms with Gasteiger partial charge in [-0.05, 0) is 49.9 Å². The van der Waals surface area contributed by atoms with Gasteiger partial charge in [-0.3, -0.25) is 0 Å². The summed E-state index contributed by atoms with van der Waals surface area (Å²) in [4.78, 5) is 0.352. The van der Waals surface area contributed by atoms with Crippen molar-refractivity contribution >= 4 is 10.0 Å². The van der Waals surface area contributed by atoms with Crippen LogP contribution in [0.3, 0.4) is 0 Å². The van der Waals surface area contributed by atoms with Crippen molar-refractivity contribution in [2.24, 2.45) is 0 Å². The Labute approximate surface area is 121 Å². The zero-order valence-corrected chi connectivity index (χ0v) is 13.4. The zero-order valence-electron chi connectivity index (χ0n) is 12.6. The smallest absolute Gasteiger partial charge is 0.243 e. The third kappa shape index (κ3) is 3.11. The average Bonchev–Trinajstić information content (AvgIpc) is 2.36. The van der Waals surface area contributed by atoms with Crippen molar-refractivity contribution in [1.82, 2.24) is 4.31 Å². The Balaban J connectivity index is 3.52. The lowest BCUT2D eigenvalue weighted by atomic mass is 10.0. The van der Waals surface area contributed by atoms with Gasteiger partial charge in [0.05, 0.1) is 11.5 Å². The number of benzene rings is 1. The molecule has 112 valence electrons. The normalized spacial score (nSPS) is 11.9. The molecular weight excluding hydrogens is 274 g/mol. The summed E-state index contributed by atoms with van der Waals surface area (Å²) in [6.45, 7) is 11.1. The third-order valence-electron chi connectivity index (χ3n) is 3.58. The molecule has 1 aromatic rings. The topological polar surface area (TPSA) is 57.6 Å². The van der Waals surface area contributed by atoms with Crippen LogP contribution in [-0.2, 0) is 10.0 Å². The summed E-state index contributed by atoms with van der Waals surface area (Å²) in [6, 6.07) is 1.99. The van der Waals surface area contributed by atoms with Crippen LogP contribution in [0.15, 0.2) is 23.6 Å². The molecule has 0 spiro atoms. The quantitative estimate of drug-likeness (QED) is 0.818. The lowest BCUT2D eigenvalue weighted by Crippen LogP contribution is -2.34. The molecule has 0 aliphatic carbocycles. The number of nitrogens with zero attached hydrogens (tertiary/aromatic N) is 1. The van der Waals surface area contributed by atoms with E-state index in [0.717, 1.165) is 22.3 Å². The maximum atomic E-state index is 12.8. The van der Waals surface area contributed by atoms with Gasteiger partial charge in [0, 0.05) is 13.1 Å². The molecule has 0 heterocycles. The second kappa shape index (κ2) is 6.52. The lowest BCUT2D eigenvalue weighted by molar-refractivity contribution is 0.260. The van der Waals surface area contributed by atoms with Crippen molar-refractivity contribution in [3.05, 3.63) is 41.0 Å². The largest absolute Gasteiger partial charge is 0.395 e. The van der Waals surface area contributed by atoms with Crippen LogP contribution in [0.25, 0.3) is 0 Å². The standard InChI is InChI=1S/C15H23NO3S/c1-6-7-16(8-9-17)20(18,19)15-13(4)11(2)10-12(3)14(15)5/h6,10,17H,1,7-9H2,2-5H3. The molecule has 0 atom stereocenters. The molecule has 0 bridgehead atoms. The van der Waals surface area contributed by atoms with E-state index in [1.807, 2.05) is 33.8 Å². The number of aliphatic hydroxyl groups is 1. The summed E-state index contributed by atoms with van der Waals surface area (Å²) in [6.07, 6.45) is 1.53. The van der Waals surface area contributed by atoms with Gasteiger partial charge in [0.1, 0.15) is 0 Å². The minimum atomic E-state index is -3.63. The van der Waals surface area contributed by atoms with E-state index in [2.05, 4.69) is 6.58 Å². The SMILES string of the molecule is C=CCN(CCO)S(=O)(=O)c1c(C)c(C)cc(C)c1C. The summed E-state index contributed by atoms with van der Waals surface area (Å²) in [7, 11) is -3.63. The highest BCUT2D eigenvalue weighted by atomic mass is 32.2. The number of aryl methyl sites for hydroxylation is 2. The van der Waals surface area contributed by atoms with Gasteiger partial charge in [-0.1, -0.05) is 12.1 Å². The van der Waals surface area contributed by atoms with Crippen LogP contribution in [-0.4, -0.2) is 37.5 Å². The maximum Gasteiger partial charge on any atom is 0.243 e. The number of rotatable bonds is 6. The molecule has 1 aromatic carbocycles. The second-order valence-corrected chi connectivity index (χ2v) is 6.84. The van der Waals surface area contributed by atoms with Crippen molar-refractivity contribution in [3.8, 4) is 0 Å². The van der Waals surface area contributed by atoms with Gasteiger partial charge in [0.15, 0.2) is 0 Å². The van der Waals surface area contributed by atoms with Crippen LogP contribution in [0.5, 0.6) is 0 Å². The number of hydrogen-bond acceptors (Lipinski definition) is 3. The Hall–Kier alpha value is -1.17. The van der Waals surface area contributed by atoms with Crippen LogP contribution >= 0.6 is 0 Å². The summed E-state index contributed by atoms with van der Waals surface area (Å²) >= 11 is 0. The first-order valence-electron chi connectivity index (χ1n) is 6.56. The fourth-order valence-corrected chi connectivity index (χ4v) is 4.24. The Morgan fingerprint density at radius 1 is 1.20 bits per heavy atom. The number of sulfonamides is 1. The van der Waals surface area contributed by atoms with Crippen molar-refractivity contribution in [2.75, 3.05) is 19.7 Å². The average molecular weight is 297 g/mol. The molecule has 0 unspecified atom stereocenters. The lowest BCUT2D eigenvalue weighted by Gasteiger charge is -2.23. The van der Waals surface area contributed by atoms with Gasteiger partial charge >= 0.3 is 0 Å². The first-order chi connectivity index (χ1) is 9.27. The molecule has 1 N–H and O–H groups in total. The van der Waals surface area contributed by atoms with Crippen LogP contribution in [0.4, 0.5) is 0 Å². The molecule has 1 rings (SSSR count). The molecule has 4 nitrogen and oxygen atoms in total. The molecule has 0 aliphatic rings. The molecule has 0 radical (unpaired) electrons. The number of hydrogen-bond donors (Lipinski definition) is 1. The molecule has 0 aliphatic heterocycles. The van der Waals surface area contributed by atoms with Crippen LogP contribution in [0, 0.1) is 27.7 Å². The van der Waals surface area contributed by atoms with Gasteiger partial charge in [0.2, 0.25) is 10.0 Å². The van der Waals surface area contributed by atoms with E-state index in [1.165, 1.54) is 10.4 Å². The zero-order chi connectivity index (χ0) is 15.5. The highest BCUT2D eigenvalue weighted by Gasteiger charge is 2.27. The van der Waals surface area contributed by atoms with Crippen LogP contribution in [0.2, 0.25) is 0 Å². The van der Waals surface area contributed by atoms with E-state index in [4.69, 9.17) is 5.11 Å². The van der Waals surface area contributed by atoms with Crippen molar-refractivity contribution in [1.29, 1.82) is 0 Å². The van der Waals surface area contributed by atoms with Gasteiger partial charge in [-0.15, -0.1) is 6.58 Å². The van der Waals surface area contributed by atoms with Crippen molar-refractivity contribution < 1.29 is 13.5 Å². The Bertz CT molecular complexity index is 580. The van der Waals surface area contributed by atoms with E-state index < -0.39 is 10.0 Å². The Morgan fingerprint density at radius 3 is 2.10 bits per heavy atom. The highest BCUT2D eigenvalue weighted by molar-refractivity contribution is 7.89. The minimum Gasteiger partial charge on any atom is -0.395 e. The second-order valence-electron chi connectivity index (χ2n) is 4.96. The van der Waals surface area contributed by atoms with E-state index in [9.17, 15) is 8.42 Å². The first kappa shape index (κ1) is 16.9. The molecule has 0 fully saturated rings. The Morgan fingerprint density at radius 2 is 1.70 bits per heavy atom. The summed E-state index contributed by atoms with van der Waals surface area (Å²) < 4.78 is 26.9. The van der Waals surface area contributed by atoms with Gasteiger partial charge in [-0.25, -0.2) is 8.42 Å². The third-order valence-corrected chi connectivity index (χ3v) is 5.72. The molecule has 0 aromatic heterocycles. The fourth-order valence-electron chi connectivity index (χ4n) is 2.26. The van der Waals surface area contributed by atoms with E-state index >= 15 is 0 Å². The molecule has 0 saturated carbocycles. The maximum absolute atomic E-state index is 12.8. The summed E-state index contributed by atoms with van der Waals surface area (Å²) in [5.74, 6) is 0. The molecular formula is C15H23NO3S. The molecule has 0 saturated heterocycles. The monoisotopic (exact) mass is 297 g/mol. The predicted molar refractivity (Wildman–Crippen MR) is 81.4 cm³/mol. The predicted octanol–water partition coefficient (Wildman–Crippen LogP) is 2.09. The van der Waals surface area contributed by atoms with Crippen molar-refractivity contribution in [3.63, 3.8) is 0 Å². The fraction of sp³-hybridized carbons (Fsp3) is 0.467. The summed E-state index contributed by atoms with van der Waals surface area (Å²) in [5, 5.41) is 9.08. The van der Waals surface area contributed by atoms with Gasteiger partial charge in [-0.2, -0.15) is 4.31 Å². The summed E-state index contributed by atoms with van der Waals surface area (Å²) in [5.41, 5.74) is 3.43. The molecule has 0 amide bonds. The minimum absolute atomic E-state index is 0.0697. The van der Waals surface area contributed by atoms with Crippen LogP contribution in [0.1, 0.15) is 22.3 Å².